The Balaban J connectivity index is 2.03. The van der Waals surface area contributed by atoms with Gasteiger partial charge in [0.25, 0.3) is 0 Å². The second-order valence-electron chi connectivity index (χ2n) is 5.72. The van der Waals surface area contributed by atoms with Gasteiger partial charge in [0.1, 0.15) is 0 Å². The van der Waals surface area contributed by atoms with Crippen LogP contribution in [0.4, 0.5) is 0 Å². The average molecular weight is 387 g/mol. The van der Waals surface area contributed by atoms with Gasteiger partial charge in [-0.3, -0.25) is 0 Å². The summed E-state index contributed by atoms with van der Waals surface area (Å²) in [6.45, 7) is 0. The minimum atomic E-state index is 0.582. The van der Waals surface area contributed by atoms with Gasteiger partial charge in [-0.1, -0.05) is 90.6 Å². The van der Waals surface area contributed by atoms with E-state index in [0.717, 1.165) is 0 Å². The number of hydrogen-bond acceptors (Lipinski definition) is 0. The molecule has 0 saturated carbocycles. The molecule has 0 unspecified atom stereocenters. The first-order chi connectivity index (χ1) is 11.9. The smallest absolute Gasteiger partial charge is 0.125 e. The highest BCUT2D eigenvalue weighted by Gasteiger charge is 2.11. The summed E-state index contributed by atoms with van der Waals surface area (Å²) < 4.78 is 0. The predicted molar refractivity (Wildman–Crippen MR) is 110 cm³/mol. The van der Waals surface area contributed by atoms with Crippen molar-refractivity contribution in [2.24, 2.45) is 0 Å². The molecule has 24 heavy (non-hydrogen) atoms. The van der Waals surface area contributed by atoms with E-state index in [1.54, 1.807) is 0 Å². The maximum absolute atomic E-state index is 3.62. The summed E-state index contributed by atoms with van der Waals surface area (Å²) in [5, 5.41) is 5.15. The fourth-order valence-corrected chi connectivity index (χ4v) is 4.38. The molecule has 4 aromatic rings. The van der Waals surface area contributed by atoms with E-state index in [4.69, 9.17) is 0 Å². The Kier molecular flexibility index (Phi) is 4.33. The van der Waals surface area contributed by atoms with Gasteiger partial charge in [-0.05, 0) is 38.2 Å². The fourth-order valence-electron chi connectivity index (χ4n) is 3.28. The van der Waals surface area contributed by atoms with E-state index in [1.807, 2.05) is 0 Å². The fraction of sp³-hybridized carbons (Fsp3) is 0. The molecule has 2 heteroatoms. The summed E-state index contributed by atoms with van der Waals surface area (Å²) >= 11 is 3.62. The van der Waals surface area contributed by atoms with Crippen LogP contribution in [0.5, 0.6) is 0 Å². The molecule has 0 aliphatic heterocycles. The first-order valence-corrected chi connectivity index (χ1v) is 11.2. The van der Waals surface area contributed by atoms with Gasteiger partial charge in [-0.25, -0.2) is 0 Å². The minimum Gasteiger partial charge on any atom is -0.125 e. The van der Waals surface area contributed by atoms with Crippen molar-refractivity contribution in [1.82, 2.24) is 0 Å². The molecular weight excluding hydrogens is 372 g/mol. The van der Waals surface area contributed by atoms with Crippen molar-refractivity contribution in [2.75, 3.05) is 0 Å². The lowest BCUT2D eigenvalue weighted by Gasteiger charge is -2.14. The van der Waals surface area contributed by atoms with Crippen molar-refractivity contribution in [3.05, 3.63) is 102 Å². The molecule has 0 aromatic heterocycles. The minimum absolute atomic E-state index is 0.582. The second kappa shape index (κ2) is 6.76. The maximum atomic E-state index is 3.62. The van der Waals surface area contributed by atoms with Crippen molar-refractivity contribution in [2.45, 2.75) is 0 Å². The molecule has 0 aliphatic carbocycles. The summed E-state index contributed by atoms with van der Waals surface area (Å²) in [6, 6.07) is 30.3. The number of hydrogen-bond donors (Lipinski definition) is 0. The molecule has 0 bridgehead atoms. The molecule has 0 saturated heterocycles. The zero-order chi connectivity index (χ0) is 16.4. The van der Waals surface area contributed by atoms with Gasteiger partial charge in [0, 0.05) is 0 Å². The standard InChI is InChI=1S/C22H15BrSi/c23-24-15-22(20-13-5-9-16-7-1-3-11-18(16)20)21-14-6-10-17-8-2-4-12-19(17)21/h1-15H. The summed E-state index contributed by atoms with van der Waals surface area (Å²) in [5.41, 5.74) is 6.16. The summed E-state index contributed by atoms with van der Waals surface area (Å²) in [6.07, 6.45) is 0. The Labute approximate surface area is 152 Å². The molecule has 0 N–H and O–H groups in total. The van der Waals surface area contributed by atoms with Crippen LogP contribution in [0.25, 0.3) is 27.1 Å². The molecule has 4 aromatic carbocycles. The van der Waals surface area contributed by atoms with Crippen LogP contribution in [0, 0.1) is 0 Å². The first-order valence-electron chi connectivity index (χ1n) is 7.91. The molecular formula is C22H15BrSi. The van der Waals surface area contributed by atoms with Crippen LogP contribution >= 0.6 is 15.3 Å². The second-order valence-corrected chi connectivity index (χ2v) is 7.60. The molecule has 0 fully saturated rings. The molecule has 0 atom stereocenters. The third-order valence-corrected chi connectivity index (χ3v) is 5.44. The van der Waals surface area contributed by atoms with Gasteiger partial charge in [-0.15, -0.1) is 15.3 Å². The highest BCUT2D eigenvalue weighted by molar-refractivity contribution is 9.23. The van der Waals surface area contributed by atoms with Gasteiger partial charge in [0.05, 0.1) is 0 Å². The Morgan fingerprint density at radius 2 is 1.08 bits per heavy atom. The lowest BCUT2D eigenvalue weighted by Crippen LogP contribution is -1.93. The molecule has 0 spiro atoms. The van der Waals surface area contributed by atoms with Crippen molar-refractivity contribution < 1.29 is 0 Å². The van der Waals surface area contributed by atoms with Crippen LogP contribution in [-0.4, -0.2) is 8.14 Å². The van der Waals surface area contributed by atoms with Crippen LogP contribution < -0.4 is 0 Å². The van der Waals surface area contributed by atoms with Gasteiger partial charge in [0.2, 0.25) is 0 Å². The molecule has 4 rings (SSSR count). The van der Waals surface area contributed by atoms with Gasteiger partial charge in [0.15, 0.2) is 8.14 Å². The molecule has 0 amide bonds. The zero-order valence-electron chi connectivity index (χ0n) is 13.0. The third-order valence-electron chi connectivity index (χ3n) is 4.36. The van der Waals surface area contributed by atoms with E-state index in [1.165, 1.54) is 38.2 Å². The van der Waals surface area contributed by atoms with E-state index in [0.29, 0.717) is 8.14 Å². The zero-order valence-corrected chi connectivity index (χ0v) is 15.6. The number of benzene rings is 4. The molecule has 0 aliphatic rings. The van der Waals surface area contributed by atoms with Gasteiger partial charge < -0.3 is 0 Å². The lowest BCUT2D eigenvalue weighted by atomic mass is 9.91. The monoisotopic (exact) mass is 386 g/mol. The van der Waals surface area contributed by atoms with Crippen LogP contribution in [0.2, 0.25) is 0 Å². The Bertz CT molecular complexity index is 958. The number of halogens is 1. The van der Waals surface area contributed by atoms with Crippen molar-refractivity contribution in [3.63, 3.8) is 0 Å². The summed E-state index contributed by atoms with van der Waals surface area (Å²) in [5.74, 6) is 0. The van der Waals surface area contributed by atoms with Gasteiger partial charge >= 0.3 is 0 Å². The normalized spacial score (nSPS) is 10.9. The summed E-state index contributed by atoms with van der Waals surface area (Å²) in [4.78, 5) is 0. The first kappa shape index (κ1) is 15.4. The van der Waals surface area contributed by atoms with Crippen LogP contribution in [0.1, 0.15) is 11.1 Å². The quantitative estimate of drug-likeness (QED) is 0.282. The number of fused-ring (bicyclic) bond motifs is 2. The molecule has 2 radical (unpaired) electrons. The molecule has 0 nitrogen and oxygen atoms in total. The largest absolute Gasteiger partial charge is 0.168 e. The highest BCUT2D eigenvalue weighted by Crippen LogP contribution is 2.33. The van der Waals surface area contributed by atoms with Crippen LogP contribution in [0.3, 0.4) is 0 Å². The topological polar surface area (TPSA) is 0 Å². The van der Waals surface area contributed by atoms with Crippen LogP contribution in [0.15, 0.2) is 90.6 Å². The predicted octanol–water partition coefficient (Wildman–Crippen LogP) is 6.40. The number of rotatable bonds is 3. The Morgan fingerprint density at radius 3 is 1.58 bits per heavy atom. The van der Waals surface area contributed by atoms with E-state index >= 15 is 0 Å². The Morgan fingerprint density at radius 1 is 0.625 bits per heavy atom. The lowest BCUT2D eigenvalue weighted by molar-refractivity contribution is 1.62. The highest BCUT2D eigenvalue weighted by atomic mass is 79.9. The maximum Gasteiger partial charge on any atom is 0.168 e. The SMILES string of the molecule is Br[Si]C=C(c1cccc2ccccc12)c1cccc2ccccc12. The van der Waals surface area contributed by atoms with E-state index < -0.39 is 0 Å². The Hall–Kier alpha value is -2.16. The summed E-state index contributed by atoms with van der Waals surface area (Å²) in [7, 11) is 0.582. The van der Waals surface area contributed by atoms with Gasteiger partial charge in [-0.2, -0.15) is 0 Å². The van der Waals surface area contributed by atoms with Crippen molar-refractivity contribution in [1.29, 1.82) is 0 Å². The molecule has 0 heterocycles. The van der Waals surface area contributed by atoms with E-state index in [-0.39, 0.29) is 0 Å². The van der Waals surface area contributed by atoms with Crippen LogP contribution in [-0.2, 0) is 0 Å². The van der Waals surface area contributed by atoms with E-state index in [2.05, 4.69) is 106 Å². The third kappa shape index (κ3) is 2.72. The van der Waals surface area contributed by atoms with Crippen molar-refractivity contribution >= 4 is 50.5 Å². The average Bonchev–Trinajstić information content (AvgIpc) is 2.65. The molecule has 114 valence electrons. The van der Waals surface area contributed by atoms with E-state index in [9.17, 15) is 0 Å². The van der Waals surface area contributed by atoms with Crippen molar-refractivity contribution in [3.8, 4) is 0 Å².